The average Bonchev–Trinajstić information content (AvgIpc) is 2.36. The van der Waals surface area contributed by atoms with Gasteiger partial charge in [-0.2, -0.15) is 0 Å². The molecule has 0 aromatic heterocycles. The molecule has 2 atom stereocenters. The maximum absolute atomic E-state index is 11.5. The standard InChI is InChI=1S/C11H13N3O3/c1-2-17-11(16)9(13-14-12)10(15)8-6-4-3-5-7-8/h3-7,9-10,15H,2H2,1H3/t9-,10+/m1/s1. The van der Waals surface area contributed by atoms with Crippen molar-refractivity contribution in [2.75, 3.05) is 6.61 Å². The Kier molecular flexibility index (Phi) is 5.00. The number of hydrogen-bond donors (Lipinski definition) is 1. The lowest BCUT2D eigenvalue weighted by molar-refractivity contribution is -0.147. The van der Waals surface area contributed by atoms with Crippen molar-refractivity contribution in [1.29, 1.82) is 0 Å². The summed E-state index contributed by atoms with van der Waals surface area (Å²) in [6.07, 6.45) is -1.20. The van der Waals surface area contributed by atoms with E-state index in [-0.39, 0.29) is 6.61 Å². The van der Waals surface area contributed by atoms with Gasteiger partial charge < -0.3 is 9.84 Å². The second-order valence-corrected chi connectivity index (χ2v) is 3.26. The van der Waals surface area contributed by atoms with Gasteiger partial charge in [0, 0.05) is 4.91 Å². The van der Waals surface area contributed by atoms with Crippen molar-refractivity contribution in [3.63, 3.8) is 0 Å². The molecular weight excluding hydrogens is 222 g/mol. The highest BCUT2D eigenvalue weighted by atomic mass is 16.5. The molecular formula is C11H13N3O3. The van der Waals surface area contributed by atoms with Gasteiger partial charge in [-0.15, -0.1) is 0 Å². The predicted molar refractivity (Wildman–Crippen MR) is 61.0 cm³/mol. The molecule has 0 radical (unpaired) electrons. The Bertz CT molecular complexity index is 415. The summed E-state index contributed by atoms with van der Waals surface area (Å²) in [7, 11) is 0. The zero-order chi connectivity index (χ0) is 12.7. The average molecular weight is 235 g/mol. The lowest BCUT2D eigenvalue weighted by Gasteiger charge is -2.17. The molecule has 0 fully saturated rings. The Morgan fingerprint density at radius 1 is 1.53 bits per heavy atom. The Labute approximate surface area is 98.5 Å². The molecule has 1 N–H and O–H groups in total. The number of aliphatic hydroxyl groups is 1. The van der Waals surface area contributed by atoms with Crippen LogP contribution in [0.15, 0.2) is 35.4 Å². The van der Waals surface area contributed by atoms with E-state index in [0.717, 1.165) is 0 Å². The number of carbonyl (C=O) groups excluding carboxylic acids is 1. The first-order valence-corrected chi connectivity index (χ1v) is 5.14. The number of ether oxygens (including phenoxy) is 1. The minimum atomic E-state index is -1.26. The van der Waals surface area contributed by atoms with Crippen LogP contribution in [0.3, 0.4) is 0 Å². The number of carbonyl (C=O) groups is 1. The molecule has 0 heterocycles. The molecule has 6 nitrogen and oxygen atoms in total. The summed E-state index contributed by atoms with van der Waals surface area (Å²) in [6, 6.07) is 7.24. The molecule has 1 aromatic rings. The summed E-state index contributed by atoms with van der Waals surface area (Å²) in [5, 5.41) is 13.2. The van der Waals surface area contributed by atoms with Crippen LogP contribution < -0.4 is 0 Å². The van der Waals surface area contributed by atoms with Crippen LogP contribution in [0, 0.1) is 0 Å². The van der Waals surface area contributed by atoms with Crippen molar-refractivity contribution in [2.24, 2.45) is 5.11 Å². The van der Waals surface area contributed by atoms with E-state index in [2.05, 4.69) is 10.0 Å². The SMILES string of the molecule is CCOC(=O)[C@H](N=[N+]=[N-])[C@@H](O)c1ccccc1. The minimum Gasteiger partial charge on any atom is -0.466 e. The molecule has 0 unspecified atom stereocenters. The van der Waals surface area contributed by atoms with Gasteiger partial charge in [-0.3, -0.25) is 4.79 Å². The van der Waals surface area contributed by atoms with Gasteiger partial charge in [-0.25, -0.2) is 0 Å². The largest absolute Gasteiger partial charge is 0.466 e. The number of rotatable bonds is 5. The van der Waals surface area contributed by atoms with Crippen LogP contribution in [0.4, 0.5) is 0 Å². The van der Waals surface area contributed by atoms with Crippen LogP contribution in [-0.4, -0.2) is 23.7 Å². The Morgan fingerprint density at radius 3 is 2.71 bits per heavy atom. The monoisotopic (exact) mass is 235 g/mol. The van der Waals surface area contributed by atoms with Crippen LogP contribution in [0.2, 0.25) is 0 Å². The predicted octanol–water partition coefficient (Wildman–Crippen LogP) is 1.96. The summed E-state index contributed by atoms with van der Waals surface area (Å²) < 4.78 is 4.74. The summed E-state index contributed by atoms with van der Waals surface area (Å²) >= 11 is 0. The second kappa shape index (κ2) is 6.52. The van der Waals surface area contributed by atoms with Gasteiger partial charge in [0.2, 0.25) is 0 Å². The van der Waals surface area contributed by atoms with Gasteiger partial charge in [0.15, 0.2) is 6.04 Å². The van der Waals surface area contributed by atoms with E-state index in [1.807, 2.05) is 0 Å². The van der Waals surface area contributed by atoms with E-state index in [9.17, 15) is 9.90 Å². The summed E-state index contributed by atoms with van der Waals surface area (Å²) in [5.41, 5.74) is 8.89. The second-order valence-electron chi connectivity index (χ2n) is 3.26. The zero-order valence-electron chi connectivity index (χ0n) is 9.35. The number of hydrogen-bond acceptors (Lipinski definition) is 4. The number of esters is 1. The fraction of sp³-hybridized carbons (Fsp3) is 0.364. The van der Waals surface area contributed by atoms with Crippen molar-refractivity contribution in [2.45, 2.75) is 19.1 Å². The fourth-order valence-corrected chi connectivity index (χ4v) is 1.35. The number of benzene rings is 1. The lowest BCUT2D eigenvalue weighted by atomic mass is 10.0. The van der Waals surface area contributed by atoms with Gasteiger partial charge in [0.05, 0.1) is 12.7 Å². The molecule has 17 heavy (non-hydrogen) atoms. The fourth-order valence-electron chi connectivity index (χ4n) is 1.35. The first kappa shape index (κ1) is 13.0. The van der Waals surface area contributed by atoms with E-state index in [1.54, 1.807) is 37.3 Å². The first-order chi connectivity index (χ1) is 8.20. The number of aliphatic hydroxyl groups excluding tert-OH is 1. The smallest absolute Gasteiger partial charge is 0.317 e. The van der Waals surface area contributed by atoms with Crippen molar-refractivity contribution < 1.29 is 14.6 Å². The molecule has 90 valence electrons. The summed E-state index contributed by atoms with van der Waals surface area (Å²) in [6.45, 7) is 1.80. The van der Waals surface area contributed by atoms with Gasteiger partial charge in [0.1, 0.15) is 0 Å². The highest BCUT2D eigenvalue weighted by molar-refractivity contribution is 5.77. The van der Waals surface area contributed by atoms with Crippen LogP contribution in [0.25, 0.3) is 10.4 Å². The minimum absolute atomic E-state index is 0.164. The molecule has 0 bridgehead atoms. The third-order valence-corrected chi connectivity index (χ3v) is 2.14. The first-order valence-electron chi connectivity index (χ1n) is 5.14. The highest BCUT2D eigenvalue weighted by Crippen LogP contribution is 2.20. The van der Waals surface area contributed by atoms with E-state index in [0.29, 0.717) is 5.56 Å². The zero-order valence-corrected chi connectivity index (χ0v) is 9.35. The Balaban J connectivity index is 2.91. The van der Waals surface area contributed by atoms with Crippen LogP contribution >= 0.6 is 0 Å². The Hall–Kier alpha value is -2.04. The molecule has 0 amide bonds. The molecule has 6 heteroatoms. The van der Waals surface area contributed by atoms with Crippen LogP contribution in [0.5, 0.6) is 0 Å². The Morgan fingerprint density at radius 2 is 2.18 bits per heavy atom. The number of azide groups is 1. The maximum atomic E-state index is 11.5. The highest BCUT2D eigenvalue weighted by Gasteiger charge is 2.28. The maximum Gasteiger partial charge on any atom is 0.317 e. The molecule has 0 saturated heterocycles. The van der Waals surface area contributed by atoms with Gasteiger partial charge in [-0.1, -0.05) is 35.4 Å². The van der Waals surface area contributed by atoms with E-state index < -0.39 is 18.1 Å². The third-order valence-electron chi connectivity index (χ3n) is 2.14. The van der Waals surface area contributed by atoms with Crippen molar-refractivity contribution in [3.8, 4) is 0 Å². The van der Waals surface area contributed by atoms with Gasteiger partial charge in [0.25, 0.3) is 0 Å². The topological polar surface area (TPSA) is 95.3 Å². The number of nitrogens with zero attached hydrogens (tertiary/aromatic N) is 3. The third kappa shape index (κ3) is 3.48. The van der Waals surface area contributed by atoms with Crippen molar-refractivity contribution >= 4 is 5.97 Å². The van der Waals surface area contributed by atoms with E-state index in [4.69, 9.17) is 10.3 Å². The van der Waals surface area contributed by atoms with Crippen molar-refractivity contribution in [1.82, 2.24) is 0 Å². The summed E-state index contributed by atoms with van der Waals surface area (Å²) in [4.78, 5) is 14.1. The molecule has 0 saturated carbocycles. The molecule has 1 aromatic carbocycles. The molecule has 0 aliphatic heterocycles. The molecule has 0 spiro atoms. The summed E-state index contributed by atoms with van der Waals surface area (Å²) in [5.74, 6) is -0.735. The normalized spacial score (nSPS) is 13.3. The van der Waals surface area contributed by atoms with E-state index >= 15 is 0 Å². The lowest BCUT2D eigenvalue weighted by Crippen LogP contribution is -2.28. The van der Waals surface area contributed by atoms with Gasteiger partial charge >= 0.3 is 5.97 Å². The van der Waals surface area contributed by atoms with Crippen LogP contribution in [-0.2, 0) is 9.53 Å². The van der Waals surface area contributed by atoms with Gasteiger partial charge in [-0.05, 0) is 18.0 Å². The van der Waals surface area contributed by atoms with Crippen LogP contribution in [0.1, 0.15) is 18.6 Å². The van der Waals surface area contributed by atoms with E-state index in [1.165, 1.54) is 0 Å². The molecule has 0 aliphatic rings. The van der Waals surface area contributed by atoms with Crippen molar-refractivity contribution in [3.05, 3.63) is 46.3 Å². The molecule has 1 rings (SSSR count). The molecule has 0 aliphatic carbocycles. The quantitative estimate of drug-likeness (QED) is 0.365.